The summed E-state index contributed by atoms with van der Waals surface area (Å²) in [6, 6.07) is 7.60. The highest BCUT2D eigenvalue weighted by atomic mass is 35.5. The number of esters is 1. The molecule has 3 nitrogen and oxygen atoms in total. The number of carbonyl (C=O) groups excluding carboxylic acids is 1. The molecule has 0 aromatic heterocycles. The first-order chi connectivity index (χ1) is 7.22. The largest absolute Gasteiger partial charge is 0.469 e. The quantitative estimate of drug-likeness (QED) is 0.618. The zero-order valence-corrected chi connectivity index (χ0v) is 9.38. The summed E-state index contributed by atoms with van der Waals surface area (Å²) in [7, 11) is 1.39. The van der Waals surface area contributed by atoms with E-state index in [4.69, 9.17) is 11.6 Å². The summed E-state index contributed by atoms with van der Waals surface area (Å²) in [6.45, 7) is 1.35. The molecule has 0 atom stereocenters. The number of carbonyl (C=O) groups is 1. The van der Waals surface area contributed by atoms with Crippen LogP contribution in [0.25, 0.3) is 0 Å². The number of ether oxygens (including phenoxy) is 1. The standard InChI is InChI=1S/C11H14ClNO2/c1-15-11(14)6-7-13-8-9-2-4-10(12)5-3-9/h2-5,13H,6-8H2,1H3. The summed E-state index contributed by atoms with van der Waals surface area (Å²) in [6.07, 6.45) is 0.393. The smallest absolute Gasteiger partial charge is 0.306 e. The van der Waals surface area contributed by atoms with Crippen molar-refractivity contribution in [2.75, 3.05) is 13.7 Å². The van der Waals surface area contributed by atoms with E-state index in [0.717, 1.165) is 17.1 Å². The van der Waals surface area contributed by atoms with E-state index >= 15 is 0 Å². The van der Waals surface area contributed by atoms with Gasteiger partial charge in [-0.2, -0.15) is 0 Å². The Hall–Kier alpha value is -1.06. The van der Waals surface area contributed by atoms with Crippen molar-refractivity contribution in [2.24, 2.45) is 0 Å². The molecule has 0 unspecified atom stereocenters. The van der Waals surface area contributed by atoms with E-state index in [1.165, 1.54) is 7.11 Å². The number of methoxy groups -OCH3 is 1. The van der Waals surface area contributed by atoms with Gasteiger partial charge < -0.3 is 10.1 Å². The van der Waals surface area contributed by atoms with Crippen LogP contribution in [0.4, 0.5) is 0 Å². The lowest BCUT2D eigenvalue weighted by atomic mass is 10.2. The van der Waals surface area contributed by atoms with Gasteiger partial charge in [0.1, 0.15) is 0 Å². The average Bonchev–Trinajstić information content (AvgIpc) is 2.26. The lowest BCUT2D eigenvalue weighted by Gasteiger charge is -2.04. The van der Waals surface area contributed by atoms with Gasteiger partial charge in [-0.25, -0.2) is 0 Å². The second-order valence-corrected chi connectivity index (χ2v) is 3.57. The van der Waals surface area contributed by atoms with E-state index in [1.54, 1.807) is 0 Å². The minimum Gasteiger partial charge on any atom is -0.469 e. The molecule has 0 bridgehead atoms. The Bertz CT molecular complexity index is 311. The molecule has 1 aromatic carbocycles. The van der Waals surface area contributed by atoms with Crippen molar-refractivity contribution in [3.05, 3.63) is 34.9 Å². The Labute approximate surface area is 94.4 Å². The number of benzene rings is 1. The molecule has 0 saturated carbocycles. The van der Waals surface area contributed by atoms with Crippen molar-refractivity contribution in [3.8, 4) is 0 Å². The van der Waals surface area contributed by atoms with Crippen molar-refractivity contribution >= 4 is 17.6 Å². The number of hydrogen-bond donors (Lipinski definition) is 1. The zero-order chi connectivity index (χ0) is 11.1. The van der Waals surface area contributed by atoms with Crippen LogP contribution in [0.2, 0.25) is 5.02 Å². The second-order valence-electron chi connectivity index (χ2n) is 3.13. The lowest BCUT2D eigenvalue weighted by Crippen LogP contribution is -2.18. The number of halogens is 1. The maximum atomic E-state index is 10.8. The molecule has 0 heterocycles. The molecule has 1 N–H and O–H groups in total. The second kappa shape index (κ2) is 6.43. The number of rotatable bonds is 5. The third-order valence-electron chi connectivity index (χ3n) is 1.98. The molecular weight excluding hydrogens is 214 g/mol. The van der Waals surface area contributed by atoms with Gasteiger partial charge in [-0.1, -0.05) is 23.7 Å². The number of nitrogens with one attached hydrogen (secondary N) is 1. The van der Waals surface area contributed by atoms with Crippen LogP contribution in [-0.2, 0) is 16.1 Å². The molecule has 0 radical (unpaired) electrons. The first-order valence-electron chi connectivity index (χ1n) is 4.74. The van der Waals surface area contributed by atoms with Crippen molar-refractivity contribution < 1.29 is 9.53 Å². The Kier molecular flexibility index (Phi) is 5.15. The molecule has 0 spiro atoms. The van der Waals surface area contributed by atoms with Gasteiger partial charge in [-0.05, 0) is 17.7 Å². The van der Waals surface area contributed by atoms with E-state index in [-0.39, 0.29) is 5.97 Å². The monoisotopic (exact) mass is 227 g/mol. The van der Waals surface area contributed by atoms with Gasteiger partial charge in [0, 0.05) is 18.1 Å². The fourth-order valence-electron chi connectivity index (χ4n) is 1.13. The lowest BCUT2D eigenvalue weighted by molar-refractivity contribution is -0.140. The molecule has 15 heavy (non-hydrogen) atoms. The van der Waals surface area contributed by atoms with E-state index in [2.05, 4.69) is 10.1 Å². The maximum Gasteiger partial charge on any atom is 0.306 e. The molecule has 0 aliphatic carbocycles. The summed E-state index contributed by atoms with van der Waals surface area (Å²) < 4.78 is 4.52. The molecule has 0 saturated heterocycles. The Morgan fingerprint density at radius 1 is 1.40 bits per heavy atom. The molecule has 82 valence electrons. The van der Waals surface area contributed by atoms with Gasteiger partial charge >= 0.3 is 5.97 Å². The SMILES string of the molecule is COC(=O)CCNCc1ccc(Cl)cc1. The molecule has 0 fully saturated rings. The predicted molar refractivity (Wildman–Crippen MR) is 59.8 cm³/mol. The van der Waals surface area contributed by atoms with Gasteiger partial charge in [0.15, 0.2) is 0 Å². The molecule has 1 rings (SSSR count). The third-order valence-corrected chi connectivity index (χ3v) is 2.23. The predicted octanol–water partition coefficient (Wildman–Crippen LogP) is 1.99. The fourth-order valence-corrected chi connectivity index (χ4v) is 1.25. The van der Waals surface area contributed by atoms with E-state index in [1.807, 2.05) is 24.3 Å². The minimum absolute atomic E-state index is 0.196. The molecule has 0 aliphatic rings. The van der Waals surface area contributed by atoms with Crippen LogP contribution in [0.5, 0.6) is 0 Å². The summed E-state index contributed by atoms with van der Waals surface area (Å²) in [5, 5.41) is 3.87. The summed E-state index contributed by atoms with van der Waals surface area (Å²) in [4.78, 5) is 10.8. The highest BCUT2D eigenvalue weighted by molar-refractivity contribution is 6.30. The van der Waals surface area contributed by atoms with Crippen LogP contribution < -0.4 is 5.32 Å². The van der Waals surface area contributed by atoms with Gasteiger partial charge in [-0.3, -0.25) is 4.79 Å². The first-order valence-corrected chi connectivity index (χ1v) is 5.12. The Morgan fingerprint density at radius 2 is 2.07 bits per heavy atom. The molecule has 4 heteroatoms. The maximum absolute atomic E-state index is 10.8. The Morgan fingerprint density at radius 3 is 2.67 bits per heavy atom. The van der Waals surface area contributed by atoms with Crippen LogP contribution in [0.1, 0.15) is 12.0 Å². The summed E-state index contributed by atoms with van der Waals surface area (Å²) >= 11 is 5.75. The average molecular weight is 228 g/mol. The molecule has 1 aromatic rings. The molecular formula is C11H14ClNO2. The minimum atomic E-state index is -0.196. The number of hydrogen-bond acceptors (Lipinski definition) is 3. The zero-order valence-electron chi connectivity index (χ0n) is 8.63. The van der Waals surface area contributed by atoms with Crippen molar-refractivity contribution in [1.82, 2.24) is 5.32 Å². The first kappa shape index (κ1) is 12.0. The van der Waals surface area contributed by atoms with Gasteiger partial charge in [-0.15, -0.1) is 0 Å². The van der Waals surface area contributed by atoms with Crippen LogP contribution >= 0.6 is 11.6 Å². The van der Waals surface area contributed by atoms with E-state index in [9.17, 15) is 4.79 Å². The molecule has 0 aliphatic heterocycles. The van der Waals surface area contributed by atoms with Gasteiger partial charge in [0.25, 0.3) is 0 Å². The van der Waals surface area contributed by atoms with E-state index in [0.29, 0.717) is 13.0 Å². The van der Waals surface area contributed by atoms with Crippen LogP contribution in [0.15, 0.2) is 24.3 Å². The van der Waals surface area contributed by atoms with Crippen molar-refractivity contribution in [2.45, 2.75) is 13.0 Å². The van der Waals surface area contributed by atoms with Gasteiger partial charge in [0.2, 0.25) is 0 Å². The van der Waals surface area contributed by atoms with Crippen molar-refractivity contribution in [1.29, 1.82) is 0 Å². The summed E-state index contributed by atoms with van der Waals surface area (Å²) in [5.74, 6) is -0.196. The van der Waals surface area contributed by atoms with Crippen molar-refractivity contribution in [3.63, 3.8) is 0 Å². The Balaban J connectivity index is 2.20. The van der Waals surface area contributed by atoms with E-state index < -0.39 is 0 Å². The van der Waals surface area contributed by atoms with Crippen LogP contribution in [0, 0.1) is 0 Å². The molecule has 0 amide bonds. The topological polar surface area (TPSA) is 38.3 Å². The summed E-state index contributed by atoms with van der Waals surface area (Å²) in [5.41, 5.74) is 1.14. The van der Waals surface area contributed by atoms with Crippen LogP contribution in [0.3, 0.4) is 0 Å². The highest BCUT2D eigenvalue weighted by Crippen LogP contribution is 2.08. The normalized spacial score (nSPS) is 10.0. The third kappa shape index (κ3) is 4.81. The fraction of sp³-hybridized carbons (Fsp3) is 0.364. The van der Waals surface area contributed by atoms with Gasteiger partial charge in [0.05, 0.1) is 13.5 Å². The highest BCUT2D eigenvalue weighted by Gasteiger charge is 1.98. The van der Waals surface area contributed by atoms with Crippen LogP contribution in [-0.4, -0.2) is 19.6 Å².